The molecular formula is C11H20N4O. The number of nitrogens with two attached hydrogens (primary N) is 1. The molecule has 1 rings (SSSR count). The van der Waals surface area contributed by atoms with Crippen molar-refractivity contribution in [3.63, 3.8) is 0 Å². The topological polar surface area (TPSA) is 64.3 Å². The first kappa shape index (κ1) is 12.5. The zero-order chi connectivity index (χ0) is 12.1. The molecule has 0 fully saturated rings. The average Bonchev–Trinajstić information content (AvgIpc) is 2.29. The summed E-state index contributed by atoms with van der Waals surface area (Å²) in [5.41, 5.74) is 6.43. The Balaban J connectivity index is 2.94. The van der Waals surface area contributed by atoms with Crippen molar-refractivity contribution in [2.45, 2.75) is 32.7 Å². The number of hydrogen-bond acceptors (Lipinski definition) is 5. The van der Waals surface area contributed by atoms with E-state index >= 15 is 0 Å². The fourth-order valence-corrected chi connectivity index (χ4v) is 1.63. The van der Waals surface area contributed by atoms with Crippen LogP contribution in [0.4, 0.5) is 11.5 Å². The van der Waals surface area contributed by atoms with Gasteiger partial charge in [0.2, 0.25) is 5.88 Å². The van der Waals surface area contributed by atoms with Crippen LogP contribution in [0.2, 0.25) is 0 Å². The first-order valence-corrected chi connectivity index (χ1v) is 5.49. The predicted octanol–water partition coefficient (Wildman–Crippen LogP) is 1.69. The number of aromatic nitrogens is 2. The summed E-state index contributed by atoms with van der Waals surface area (Å²) in [4.78, 5) is 10.2. The van der Waals surface area contributed by atoms with E-state index in [-0.39, 0.29) is 0 Å². The summed E-state index contributed by atoms with van der Waals surface area (Å²) in [6.45, 7) is 4.31. The van der Waals surface area contributed by atoms with Crippen molar-refractivity contribution in [3.05, 3.63) is 6.33 Å². The van der Waals surface area contributed by atoms with E-state index in [0.29, 0.717) is 17.6 Å². The van der Waals surface area contributed by atoms with Crippen molar-refractivity contribution in [1.82, 2.24) is 9.97 Å². The maximum atomic E-state index is 5.94. The van der Waals surface area contributed by atoms with Gasteiger partial charge in [0, 0.05) is 13.1 Å². The Labute approximate surface area is 96.6 Å². The molecule has 0 saturated heterocycles. The summed E-state index contributed by atoms with van der Waals surface area (Å²) in [5.74, 6) is 1.16. The number of ether oxygens (including phenoxy) is 1. The zero-order valence-corrected chi connectivity index (χ0v) is 10.4. The highest BCUT2D eigenvalue weighted by molar-refractivity contribution is 5.67. The van der Waals surface area contributed by atoms with Gasteiger partial charge >= 0.3 is 0 Å². The molecular weight excluding hydrogens is 204 g/mol. The monoisotopic (exact) mass is 224 g/mol. The molecule has 0 spiro atoms. The molecule has 0 bridgehead atoms. The molecule has 16 heavy (non-hydrogen) atoms. The first-order valence-electron chi connectivity index (χ1n) is 5.49. The lowest BCUT2D eigenvalue weighted by Gasteiger charge is -2.26. The molecule has 0 radical (unpaired) electrons. The molecule has 0 aliphatic rings. The second-order valence-electron chi connectivity index (χ2n) is 3.87. The van der Waals surface area contributed by atoms with Gasteiger partial charge in [-0.1, -0.05) is 13.3 Å². The third-order valence-electron chi connectivity index (χ3n) is 2.72. The molecule has 1 atom stereocenters. The predicted molar refractivity (Wildman–Crippen MR) is 65.8 cm³/mol. The Hall–Kier alpha value is -1.52. The molecule has 0 aromatic carbocycles. The number of nitrogens with zero attached hydrogens (tertiary/aromatic N) is 3. The third-order valence-corrected chi connectivity index (χ3v) is 2.72. The first-order chi connectivity index (χ1) is 7.61. The van der Waals surface area contributed by atoms with Crippen LogP contribution in [0.25, 0.3) is 0 Å². The van der Waals surface area contributed by atoms with Gasteiger partial charge in [0.1, 0.15) is 12.0 Å². The average molecular weight is 224 g/mol. The van der Waals surface area contributed by atoms with Gasteiger partial charge in [0.15, 0.2) is 5.82 Å². The van der Waals surface area contributed by atoms with Gasteiger partial charge in [0.25, 0.3) is 0 Å². The van der Waals surface area contributed by atoms with Gasteiger partial charge in [-0.25, -0.2) is 4.98 Å². The quantitative estimate of drug-likeness (QED) is 0.824. The smallest absolute Gasteiger partial charge is 0.242 e. The van der Waals surface area contributed by atoms with Crippen molar-refractivity contribution in [3.8, 4) is 5.88 Å². The molecule has 1 aromatic heterocycles. The highest BCUT2D eigenvalue weighted by Crippen LogP contribution is 2.28. The lowest BCUT2D eigenvalue weighted by Crippen LogP contribution is -2.30. The standard InChI is InChI=1S/C11H20N4O/c1-5-6-8(2)15(3)10-9(12)11(16-4)14-7-13-10/h7-8H,5-6,12H2,1-4H3. The summed E-state index contributed by atoms with van der Waals surface area (Å²) in [5, 5.41) is 0. The number of rotatable bonds is 5. The Kier molecular flexibility index (Phi) is 4.34. The van der Waals surface area contributed by atoms with E-state index < -0.39 is 0 Å². The minimum absolute atomic E-state index is 0.395. The maximum absolute atomic E-state index is 5.94. The van der Waals surface area contributed by atoms with Gasteiger partial charge in [0.05, 0.1) is 7.11 Å². The maximum Gasteiger partial charge on any atom is 0.242 e. The SMILES string of the molecule is CCCC(C)N(C)c1ncnc(OC)c1N. The second-order valence-corrected chi connectivity index (χ2v) is 3.87. The van der Waals surface area contributed by atoms with Crippen LogP contribution in [-0.2, 0) is 0 Å². The number of nitrogen functional groups attached to an aromatic ring is 1. The summed E-state index contributed by atoms with van der Waals surface area (Å²) in [7, 11) is 3.54. The molecule has 5 nitrogen and oxygen atoms in total. The molecule has 1 unspecified atom stereocenters. The van der Waals surface area contributed by atoms with Crippen LogP contribution >= 0.6 is 0 Å². The van der Waals surface area contributed by atoms with Gasteiger partial charge in [-0.05, 0) is 13.3 Å². The third kappa shape index (κ3) is 2.53. The van der Waals surface area contributed by atoms with Crippen LogP contribution in [0, 0.1) is 0 Å². The van der Waals surface area contributed by atoms with Crippen molar-refractivity contribution in [2.24, 2.45) is 0 Å². The van der Waals surface area contributed by atoms with Crippen molar-refractivity contribution in [2.75, 3.05) is 24.8 Å². The molecule has 5 heteroatoms. The summed E-state index contributed by atoms with van der Waals surface area (Å²) in [6.07, 6.45) is 3.70. The zero-order valence-electron chi connectivity index (χ0n) is 10.4. The molecule has 0 aliphatic carbocycles. The molecule has 2 N–H and O–H groups in total. The van der Waals surface area contributed by atoms with E-state index in [1.165, 1.54) is 6.33 Å². The minimum Gasteiger partial charge on any atom is -0.479 e. The van der Waals surface area contributed by atoms with Gasteiger partial charge in [-0.3, -0.25) is 0 Å². The molecule has 1 aromatic rings. The summed E-state index contributed by atoms with van der Waals surface area (Å²) >= 11 is 0. The molecule has 0 saturated carbocycles. The molecule has 0 aliphatic heterocycles. The lowest BCUT2D eigenvalue weighted by atomic mass is 10.2. The van der Waals surface area contributed by atoms with Crippen molar-refractivity contribution >= 4 is 11.5 Å². The number of methoxy groups -OCH3 is 1. The van der Waals surface area contributed by atoms with Gasteiger partial charge in [-0.2, -0.15) is 4.98 Å². The van der Waals surface area contributed by atoms with E-state index in [9.17, 15) is 0 Å². The Morgan fingerprint density at radius 3 is 2.75 bits per heavy atom. The van der Waals surface area contributed by atoms with Crippen LogP contribution in [0.15, 0.2) is 6.33 Å². The van der Waals surface area contributed by atoms with E-state index in [1.807, 2.05) is 7.05 Å². The minimum atomic E-state index is 0.395. The fourth-order valence-electron chi connectivity index (χ4n) is 1.63. The van der Waals surface area contributed by atoms with Crippen LogP contribution in [-0.4, -0.2) is 30.2 Å². The highest BCUT2D eigenvalue weighted by Gasteiger charge is 2.16. The van der Waals surface area contributed by atoms with Crippen molar-refractivity contribution < 1.29 is 4.74 Å². The second kappa shape index (κ2) is 5.53. The normalized spacial score (nSPS) is 12.2. The van der Waals surface area contributed by atoms with Crippen molar-refractivity contribution in [1.29, 1.82) is 0 Å². The Morgan fingerprint density at radius 1 is 1.50 bits per heavy atom. The Bertz CT molecular complexity index is 343. The molecule has 0 amide bonds. The molecule has 90 valence electrons. The van der Waals surface area contributed by atoms with E-state index in [1.54, 1.807) is 7.11 Å². The summed E-state index contributed by atoms with van der Waals surface area (Å²) in [6, 6.07) is 0.395. The molecule has 1 heterocycles. The number of hydrogen-bond donors (Lipinski definition) is 1. The van der Waals surface area contributed by atoms with E-state index in [0.717, 1.165) is 18.7 Å². The summed E-state index contributed by atoms with van der Waals surface area (Å²) < 4.78 is 5.07. The van der Waals surface area contributed by atoms with E-state index in [2.05, 4.69) is 28.7 Å². The van der Waals surface area contributed by atoms with Crippen LogP contribution < -0.4 is 15.4 Å². The Morgan fingerprint density at radius 2 is 2.19 bits per heavy atom. The van der Waals surface area contributed by atoms with E-state index in [4.69, 9.17) is 10.5 Å². The van der Waals surface area contributed by atoms with Gasteiger partial charge in [-0.15, -0.1) is 0 Å². The lowest BCUT2D eigenvalue weighted by molar-refractivity contribution is 0.399. The van der Waals surface area contributed by atoms with Crippen LogP contribution in [0.1, 0.15) is 26.7 Å². The van der Waals surface area contributed by atoms with Crippen LogP contribution in [0.5, 0.6) is 5.88 Å². The highest BCUT2D eigenvalue weighted by atomic mass is 16.5. The van der Waals surface area contributed by atoms with Crippen LogP contribution in [0.3, 0.4) is 0 Å². The van der Waals surface area contributed by atoms with Gasteiger partial charge < -0.3 is 15.4 Å². The fraction of sp³-hybridized carbons (Fsp3) is 0.636. The number of anilines is 2. The largest absolute Gasteiger partial charge is 0.479 e.